The lowest BCUT2D eigenvalue weighted by Crippen LogP contribution is -2.45. The van der Waals surface area contributed by atoms with Crippen molar-refractivity contribution in [2.75, 3.05) is 51.3 Å². The minimum atomic E-state index is -4.16. The van der Waals surface area contributed by atoms with Crippen LogP contribution in [0, 0.1) is 0 Å². The van der Waals surface area contributed by atoms with E-state index in [1.165, 1.54) is 4.90 Å². The maximum absolute atomic E-state index is 12.5. The molecule has 0 amide bonds. The molecule has 2 aliphatic rings. The first-order valence-electron chi connectivity index (χ1n) is 9.90. The molecule has 2 aliphatic heterocycles. The van der Waals surface area contributed by atoms with Gasteiger partial charge in [-0.3, -0.25) is 9.89 Å². The summed E-state index contributed by atoms with van der Waals surface area (Å²) in [7, 11) is 1.66. The van der Waals surface area contributed by atoms with Crippen LogP contribution in [-0.4, -0.2) is 80.5 Å². The largest absolute Gasteiger partial charge is 0.401 e. The number of guanidine groups is 1. The van der Waals surface area contributed by atoms with Gasteiger partial charge in [-0.25, -0.2) is 4.98 Å². The molecule has 162 valence electrons. The molecule has 2 saturated heterocycles. The molecule has 0 aliphatic carbocycles. The van der Waals surface area contributed by atoms with Gasteiger partial charge in [-0.15, -0.1) is 0 Å². The van der Waals surface area contributed by atoms with Gasteiger partial charge in [-0.2, -0.15) is 13.2 Å². The number of alkyl halides is 3. The van der Waals surface area contributed by atoms with Crippen LogP contribution in [0.15, 0.2) is 23.3 Å². The Kier molecular flexibility index (Phi) is 7.18. The Hall–Kier alpha value is -2.07. The van der Waals surface area contributed by atoms with Gasteiger partial charge in [0.1, 0.15) is 5.82 Å². The van der Waals surface area contributed by atoms with Gasteiger partial charge in [0.2, 0.25) is 0 Å². The second-order valence-electron chi connectivity index (χ2n) is 7.56. The molecule has 10 heteroatoms. The van der Waals surface area contributed by atoms with E-state index in [2.05, 4.69) is 25.5 Å². The van der Waals surface area contributed by atoms with Crippen molar-refractivity contribution in [3.63, 3.8) is 0 Å². The highest BCUT2D eigenvalue weighted by Crippen LogP contribution is 2.20. The lowest BCUT2D eigenvalue weighted by Gasteiger charge is -2.32. The van der Waals surface area contributed by atoms with Gasteiger partial charge in [0.15, 0.2) is 5.96 Å². The van der Waals surface area contributed by atoms with Gasteiger partial charge in [0, 0.05) is 52.0 Å². The number of likely N-dealkylation sites (tertiary alicyclic amines) is 1. The van der Waals surface area contributed by atoms with E-state index in [1.807, 2.05) is 19.1 Å². The second-order valence-corrected chi connectivity index (χ2v) is 7.56. The molecule has 0 spiro atoms. The van der Waals surface area contributed by atoms with Crippen molar-refractivity contribution in [1.29, 1.82) is 0 Å². The lowest BCUT2D eigenvalue weighted by atomic mass is 10.2. The highest BCUT2D eigenvalue weighted by Gasteiger charge is 2.34. The number of halogens is 3. The number of ether oxygens (including phenoxy) is 1. The molecule has 0 bridgehead atoms. The Morgan fingerprint density at radius 3 is 2.90 bits per heavy atom. The molecule has 29 heavy (non-hydrogen) atoms. The van der Waals surface area contributed by atoms with Crippen LogP contribution in [0.25, 0.3) is 0 Å². The van der Waals surface area contributed by atoms with E-state index < -0.39 is 12.7 Å². The molecule has 3 rings (SSSR count). The smallest absolute Gasteiger partial charge is 0.375 e. The Morgan fingerprint density at radius 2 is 2.17 bits per heavy atom. The van der Waals surface area contributed by atoms with E-state index in [-0.39, 0.29) is 12.1 Å². The van der Waals surface area contributed by atoms with Crippen LogP contribution in [0.3, 0.4) is 0 Å². The first-order valence-corrected chi connectivity index (χ1v) is 9.90. The van der Waals surface area contributed by atoms with Crippen molar-refractivity contribution >= 4 is 11.8 Å². The predicted octanol–water partition coefficient (Wildman–Crippen LogP) is 1.61. The summed E-state index contributed by atoms with van der Waals surface area (Å²) in [5.41, 5.74) is 1.06. The summed E-state index contributed by atoms with van der Waals surface area (Å²) in [4.78, 5) is 12.3. The van der Waals surface area contributed by atoms with Crippen LogP contribution in [0.4, 0.5) is 19.0 Å². The quantitative estimate of drug-likeness (QED) is 0.564. The third-order valence-electron chi connectivity index (χ3n) is 5.07. The number of pyridine rings is 1. The van der Waals surface area contributed by atoms with Crippen LogP contribution in [-0.2, 0) is 11.3 Å². The molecule has 0 radical (unpaired) electrons. The van der Waals surface area contributed by atoms with Crippen LogP contribution in [0.1, 0.15) is 18.9 Å². The standard InChI is InChI=1S/C19H29F3N6O/c1-14-11-28(7-8-29-14)17-9-15(3-5-24-17)10-25-18(23-2)26-16-4-6-27(12-16)13-19(20,21)22/h3,5,9,14,16H,4,6-8,10-13H2,1-2H3,(H2,23,25,26). The molecular weight excluding hydrogens is 385 g/mol. The zero-order valence-corrected chi connectivity index (χ0v) is 16.9. The summed E-state index contributed by atoms with van der Waals surface area (Å²) in [6.07, 6.45) is -1.54. The summed E-state index contributed by atoms with van der Waals surface area (Å²) in [5, 5.41) is 6.46. The SMILES string of the molecule is CN=C(NCc1ccnc(N2CCOC(C)C2)c1)NC1CCN(CC(F)(F)F)C1. The lowest BCUT2D eigenvalue weighted by molar-refractivity contribution is -0.143. The molecule has 2 N–H and O–H groups in total. The number of rotatable bonds is 5. The third kappa shape index (κ3) is 6.74. The number of aliphatic imine (C=N–C) groups is 1. The number of hydrogen-bond donors (Lipinski definition) is 2. The van der Waals surface area contributed by atoms with Gasteiger partial charge in [-0.05, 0) is 31.0 Å². The predicted molar refractivity (Wildman–Crippen MR) is 106 cm³/mol. The van der Waals surface area contributed by atoms with E-state index in [0.717, 1.165) is 24.5 Å². The molecule has 7 nitrogen and oxygen atoms in total. The van der Waals surface area contributed by atoms with E-state index in [9.17, 15) is 13.2 Å². The topological polar surface area (TPSA) is 65.0 Å². The molecule has 1 aromatic rings. The molecular formula is C19H29F3N6O. The Balaban J connectivity index is 1.49. The highest BCUT2D eigenvalue weighted by atomic mass is 19.4. The molecule has 2 fully saturated rings. The summed E-state index contributed by atoms with van der Waals surface area (Å²) in [6, 6.07) is 3.93. The first-order chi connectivity index (χ1) is 13.8. The van der Waals surface area contributed by atoms with Crippen LogP contribution in [0.5, 0.6) is 0 Å². The third-order valence-corrected chi connectivity index (χ3v) is 5.07. The average molecular weight is 414 g/mol. The maximum Gasteiger partial charge on any atom is 0.401 e. The maximum atomic E-state index is 12.5. The number of nitrogens with one attached hydrogen (secondary N) is 2. The highest BCUT2D eigenvalue weighted by molar-refractivity contribution is 5.80. The fourth-order valence-electron chi connectivity index (χ4n) is 3.69. The Bertz CT molecular complexity index is 699. The average Bonchev–Trinajstić information content (AvgIpc) is 3.10. The first kappa shape index (κ1) is 21.6. The van der Waals surface area contributed by atoms with Crippen molar-refractivity contribution in [3.8, 4) is 0 Å². The number of hydrogen-bond acceptors (Lipinski definition) is 5. The van der Waals surface area contributed by atoms with Crippen molar-refractivity contribution in [2.24, 2.45) is 4.99 Å². The van der Waals surface area contributed by atoms with Gasteiger partial charge >= 0.3 is 6.18 Å². The molecule has 3 heterocycles. The summed E-state index contributed by atoms with van der Waals surface area (Å²) < 4.78 is 43.2. The summed E-state index contributed by atoms with van der Waals surface area (Å²) in [6.45, 7) is 4.83. The van der Waals surface area contributed by atoms with Crippen LogP contribution < -0.4 is 15.5 Å². The molecule has 0 aromatic carbocycles. The monoisotopic (exact) mass is 414 g/mol. The Labute approximate surface area is 169 Å². The van der Waals surface area contributed by atoms with Crippen molar-refractivity contribution in [2.45, 2.75) is 38.2 Å². The van der Waals surface area contributed by atoms with E-state index in [4.69, 9.17) is 4.74 Å². The number of aromatic nitrogens is 1. The minimum Gasteiger partial charge on any atom is -0.375 e. The summed E-state index contributed by atoms with van der Waals surface area (Å²) >= 11 is 0. The van der Waals surface area contributed by atoms with Crippen LogP contribution >= 0.6 is 0 Å². The molecule has 2 atom stereocenters. The molecule has 0 saturated carbocycles. The molecule has 2 unspecified atom stereocenters. The van der Waals surface area contributed by atoms with Gasteiger partial charge < -0.3 is 20.3 Å². The normalized spacial score (nSPS) is 24.0. The van der Waals surface area contributed by atoms with Gasteiger partial charge in [0.25, 0.3) is 0 Å². The van der Waals surface area contributed by atoms with Gasteiger partial charge in [0.05, 0.1) is 19.3 Å². The molecule has 1 aromatic heterocycles. The Morgan fingerprint density at radius 1 is 1.34 bits per heavy atom. The van der Waals surface area contributed by atoms with E-state index >= 15 is 0 Å². The van der Waals surface area contributed by atoms with Crippen LogP contribution in [0.2, 0.25) is 0 Å². The fourth-order valence-corrected chi connectivity index (χ4v) is 3.69. The van der Waals surface area contributed by atoms with Gasteiger partial charge in [-0.1, -0.05) is 0 Å². The van der Waals surface area contributed by atoms with Crippen molar-refractivity contribution < 1.29 is 17.9 Å². The number of nitrogens with zero attached hydrogens (tertiary/aromatic N) is 4. The number of anilines is 1. The van der Waals surface area contributed by atoms with Crippen molar-refractivity contribution in [3.05, 3.63) is 23.9 Å². The van der Waals surface area contributed by atoms with E-state index in [0.29, 0.717) is 38.6 Å². The number of morpholine rings is 1. The van der Waals surface area contributed by atoms with Crippen molar-refractivity contribution in [1.82, 2.24) is 20.5 Å². The van der Waals surface area contributed by atoms with E-state index in [1.54, 1.807) is 13.2 Å². The minimum absolute atomic E-state index is 0.0496. The zero-order chi connectivity index (χ0) is 20.9. The fraction of sp³-hybridized carbons (Fsp3) is 0.684. The zero-order valence-electron chi connectivity index (χ0n) is 16.9. The second kappa shape index (κ2) is 9.62. The summed E-state index contributed by atoms with van der Waals surface area (Å²) in [5.74, 6) is 1.50.